The summed E-state index contributed by atoms with van der Waals surface area (Å²) in [6, 6.07) is 8.80. The average Bonchev–Trinajstić information content (AvgIpc) is 2.85. The molecule has 0 fully saturated rings. The van der Waals surface area contributed by atoms with E-state index in [1.165, 1.54) is 16.7 Å². The molecule has 0 aliphatic carbocycles. The first-order valence-electron chi connectivity index (χ1n) is 6.84. The maximum atomic E-state index is 4.34. The van der Waals surface area contributed by atoms with E-state index in [0.29, 0.717) is 5.92 Å². The van der Waals surface area contributed by atoms with Gasteiger partial charge in [-0.15, -0.1) is 0 Å². The zero-order chi connectivity index (χ0) is 13.7. The third-order valence-corrected chi connectivity index (χ3v) is 4.28. The van der Waals surface area contributed by atoms with Crippen molar-refractivity contribution in [2.45, 2.75) is 33.2 Å². The average molecular weight is 321 g/mol. The first-order valence-corrected chi connectivity index (χ1v) is 7.96. The van der Waals surface area contributed by atoms with Crippen LogP contribution in [0, 0.1) is 12.8 Å². The largest absolute Gasteiger partial charge is 0.273 e. The summed E-state index contributed by atoms with van der Waals surface area (Å²) in [6.07, 6.45) is 6.35. The standard InChI is InChI=1S/C16H21BrN2/c1-3-19-12-16(11-18-19)9-15(10-17)8-14-6-4-5-13(2)7-14/h4-7,11-12,15H,3,8-10H2,1-2H3. The molecular formula is C16H21BrN2. The van der Waals surface area contributed by atoms with E-state index in [2.05, 4.69) is 65.3 Å². The van der Waals surface area contributed by atoms with E-state index in [9.17, 15) is 0 Å². The second kappa shape index (κ2) is 6.90. The number of nitrogens with zero attached hydrogens (tertiary/aromatic N) is 2. The lowest BCUT2D eigenvalue weighted by molar-refractivity contribution is 0.589. The Kier molecular flexibility index (Phi) is 5.20. The van der Waals surface area contributed by atoms with Crippen LogP contribution in [0.25, 0.3) is 0 Å². The predicted octanol–water partition coefficient (Wildman–Crippen LogP) is 4.01. The van der Waals surface area contributed by atoms with Crippen molar-refractivity contribution in [3.8, 4) is 0 Å². The van der Waals surface area contributed by atoms with Gasteiger partial charge >= 0.3 is 0 Å². The Balaban J connectivity index is 2.00. The molecule has 1 atom stereocenters. The van der Waals surface area contributed by atoms with Crippen LogP contribution in [0.3, 0.4) is 0 Å². The van der Waals surface area contributed by atoms with Crippen LogP contribution in [0.4, 0.5) is 0 Å². The molecule has 1 aromatic heterocycles. The zero-order valence-corrected chi connectivity index (χ0v) is 13.2. The van der Waals surface area contributed by atoms with Crippen molar-refractivity contribution in [3.05, 3.63) is 53.3 Å². The molecule has 0 N–H and O–H groups in total. The minimum Gasteiger partial charge on any atom is -0.273 e. The zero-order valence-electron chi connectivity index (χ0n) is 11.6. The van der Waals surface area contributed by atoms with Crippen molar-refractivity contribution in [1.29, 1.82) is 0 Å². The Labute approximate surface area is 124 Å². The fourth-order valence-corrected chi connectivity index (χ4v) is 2.83. The number of aryl methyl sites for hydroxylation is 2. The number of aromatic nitrogens is 2. The topological polar surface area (TPSA) is 17.8 Å². The van der Waals surface area contributed by atoms with E-state index in [1.54, 1.807) is 0 Å². The van der Waals surface area contributed by atoms with Crippen molar-refractivity contribution in [2.75, 3.05) is 5.33 Å². The molecule has 1 aromatic carbocycles. The van der Waals surface area contributed by atoms with Crippen molar-refractivity contribution >= 4 is 15.9 Å². The highest BCUT2D eigenvalue weighted by molar-refractivity contribution is 9.09. The fourth-order valence-electron chi connectivity index (χ4n) is 2.37. The van der Waals surface area contributed by atoms with Crippen molar-refractivity contribution in [2.24, 2.45) is 5.92 Å². The van der Waals surface area contributed by atoms with E-state index < -0.39 is 0 Å². The summed E-state index contributed by atoms with van der Waals surface area (Å²) in [5.41, 5.74) is 4.09. The highest BCUT2D eigenvalue weighted by Crippen LogP contribution is 2.17. The molecule has 2 rings (SSSR count). The van der Waals surface area contributed by atoms with Gasteiger partial charge in [0.1, 0.15) is 0 Å². The summed E-state index contributed by atoms with van der Waals surface area (Å²) in [6.45, 7) is 5.21. The molecule has 0 spiro atoms. The van der Waals surface area contributed by atoms with Gasteiger partial charge < -0.3 is 0 Å². The molecule has 0 amide bonds. The maximum absolute atomic E-state index is 4.34. The Hall–Kier alpha value is -1.09. The summed E-state index contributed by atoms with van der Waals surface area (Å²) in [5.74, 6) is 0.622. The molecule has 2 nitrogen and oxygen atoms in total. The van der Waals surface area contributed by atoms with Crippen LogP contribution in [-0.2, 0) is 19.4 Å². The number of alkyl halides is 1. The summed E-state index contributed by atoms with van der Waals surface area (Å²) in [5, 5.41) is 5.37. The van der Waals surface area contributed by atoms with E-state index >= 15 is 0 Å². The lowest BCUT2D eigenvalue weighted by Crippen LogP contribution is -2.09. The third kappa shape index (κ3) is 4.20. The van der Waals surface area contributed by atoms with E-state index in [1.807, 2.05) is 10.9 Å². The van der Waals surface area contributed by atoms with E-state index in [4.69, 9.17) is 0 Å². The molecule has 102 valence electrons. The number of benzene rings is 1. The van der Waals surface area contributed by atoms with Crippen molar-refractivity contribution in [1.82, 2.24) is 9.78 Å². The van der Waals surface area contributed by atoms with Crippen LogP contribution in [0.5, 0.6) is 0 Å². The number of halogens is 1. The monoisotopic (exact) mass is 320 g/mol. The van der Waals surface area contributed by atoms with Gasteiger partial charge in [0.25, 0.3) is 0 Å². The van der Waals surface area contributed by atoms with Crippen LogP contribution in [0.2, 0.25) is 0 Å². The first kappa shape index (κ1) is 14.3. The molecule has 0 aliphatic heterocycles. The summed E-state index contributed by atoms with van der Waals surface area (Å²) < 4.78 is 1.99. The Morgan fingerprint density at radius 2 is 2.05 bits per heavy atom. The molecule has 0 radical (unpaired) electrons. The summed E-state index contributed by atoms with van der Waals surface area (Å²) >= 11 is 3.65. The number of hydrogen-bond acceptors (Lipinski definition) is 1. The Morgan fingerprint density at radius 1 is 1.26 bits per heavy atom. The maximum Gasteiger partial charge on any atom is 0.0521 e. The smallest absolute Gasteiger partial charge is 0.0521 e. The molecule has 2 aromatic rings. The van der Waals surface area contributed by atoms with E-state index in [-0.39, 0.29) is 0 Å². The van der Waals surface area contributed by atoms with Crippen molar-refractivity contribution < 1.29 is 0 Å². The minimum absolute atomic E-state index is 0.622. The quantitative estimate of drug-likeness (QED) is 0.735. The van der Waals surface area contributed by atoms with Gasteiger partial charge in [-0.2, -0.15) is 5.10 Å². The normalized spacial score (nSPS) is 12.6. The molecule has 0 saturated carbocycles. The molecule has 0 saturated heterocycles. The van der Waals surface area contributed by atoms with Gasteiger partial charge in [-0.3, -0.25) is 4.68 Å². The summed E-state index contributed by atoms with van der Waals surface area (Å²) in [4.78, 5) is 0. The van der Waals surface area contributed by atoms with Gasteiger partial charge in [-0.05, 0) is 43.7 Å². The van der Waals surface area contributed by atoms with Crippen LogP contribution in [0.15, 0.2) is 36.7 Å². The van der Waals surface area contributed by atoms with Gasteiger partial charge in [0.15, 0.2) is 0 Å². The van der Waals surface area contributed by atoms with Crippen molar-refractivity contribution in [3.63, 3.8) is 0 Å². The molecular weight excluding hydrogens is 300 g/mol. The number of hydrogen-bond donors (Lipinski definition) is 0. The summed E-state index contributed by atoms with van der Waals surface area (Å²) in [7, 11) is 0. The highest BCUT2D eigenvalue weighted by atomic mass is 79.9. The third-order valence-electron chi connectivity index (χ3n) is 3.36. The van der Waals surface area contributed by atoms with Crippen LogP contribution < -0.4 is 0 Å². The fraction of sp³-hybridized carbons (Fsp3) is 0.438. The lowest BCUT2D eigenvalue weighted by Gasteiger charge is -2.13. The second-order valence-electron chi connectivity index (χ2n) is 5.12. The van der Waals surface area contributed by atoms with Crippen LogP contribution in [-0.4, -0.2) is 15.1 Å². The minimum atomic E-state index is 0.622. The van der Waals surface area contributed by atoms with Gasteiger partial charge in [-0.1, -0.05) is 45.8 Å². The van der Waals surface area contributed by atoms with E-state index in [0.717, 1.165) is 24.7 Å². The molecule has 3 heteroatoms. The van der Waals surface area contributed by atoms with Gasteiger partial charge in [0.05, 0.1) is 6.20 Å². The highest BCUT2D eigenvalue weighted by Gasteiger charge is 2.11. The molecule has 19 heavy (non-hydrogen) atoms. The van der Waals surface area contributed by atoms with Crippen LogP contribution in [0.1, 0.15) is 23.6 Å². The SMILES string of the molecule is CCn1cc(CC(CBr)Cc2cccc(C)c2)cn1. The molecule has 1 heterocycles. The number of rotatable bonds is 6. The first-order chi connectivity index (χ1) is 9.21. The Morgan fingerprint density at radius 3 is 2.68 bits per heavy atom. The van der Waals surface area contributed by atoms with Crippen LogP contribution >= 0.6 is 15.9 Å². The second-order valence-corrected chi connectivity index (χ2v) is 5.77. The molecule has 0 bridgehead atoms. The molecule has 1 unspecified atom stereocenters. The van der Waals surface area contributed by atoms with Gasteiger partial charge in [0.2, 0.25) is 0 Å². The molecule has 0 aliphatic rings. The lowest BCUT2D eigenvalue weighted by atomic mass is 9.95. The Bertz CT molecular complexity index is 519. The van der Waals surface area contributed by atoms with Gasteiger partial charge in [-0.25, -0.2) is 0 Å². The van der Waals surface area contributed by atoms with Gasteiger partial charge in [0, 0.05) is 18.1 Å². The predicted molar refractivity (Wildman–Crippen MR) is 83.8 cm³/mol.